The maximum atomic E-state index is 3.66. The Kier molecular flexibility index (Phi) is 3.02. The molecular weight excluding hydrogens is 206 g/mol. The molecule has 1 saturated carbocycles. The van der Waals surface area contributed by atoms with E-state index in [0.29, 0.717) is 6.04 Å². The topological polar surface area (TPSA) is 12.0 Å². The van der Waals surface area contributed by atoms with Crippen molar-refractivity contribution in [1.29, 1.82) is 0 Å². The van der Waals surface area contributed by atoms with Crippen LogP contribution in [0.4, 0.5) is 0 Å². The van der Waals surface area contributed by atoms with E-state index < -0.39 is 0 Å². The lowest BCUT2D eigenvalue weighted by Crippen LogP contribution is -2.23. The quantitative estimate of drug-likeness (QED) is 0.816. The van der Waals surface area contributed by atoms with E-state index in [4.69, 9.17) is 0 Å². The lowest BCUT2D eigenvalue weighted by molar-refractivity contribution is 0.456. The smallest absolute Gasteiger partial charge is 0.0284 e. The summed E-state index contributed by atoms with van der Waals surface area (Å²) >= 11 is 0. The standard InChI is InChI=1S/C16H21N/c1-12-5-2-3-6-13(12)9-10-16-15-8-4-7-14(15)11-17-16/h2-3,5-6,9-10,14-17H,4,7-8,11H2,1H3/b10-9+. The largest absolute Gasteiger partial charge is 0.310 e. The summed E-state index contributed by atoms with van der Waals surface area (Å²) in [6, 6.07) is 9.22. The summed E-state index contributed by atoms with van der Waals surface area (Å²) in [6.45, 7) is 3.41. The normalized spacial score (nSPS) is 32.2. The monoisotopic (exact) mass is 227 g/mol. The van der Waals surface area contributed by atoms with Gasteiger partial charge in [0, 0.05) is 6.04 Å². The first-order valence-corrected chi connectivity index (χ1v) is 6.82. The highest BCUT2D eigenvalue weighted by Gasteiger charge is 2.37. The van der Waals surface area contributed by atoms with Crippen molar-refractivity contribution in [2.24, 2.45) is 11.8 Å². The van der Waals surface area contributed by atoms with Crippen LogP contribution < -0.4 is 5.32 Å². The summed E-state index contributed by atoms with van der Waals surface area (Å²) in [5.41, 5.74) is 2.72. The minimum absolute atomic E-state index is 0.613. The molecule has 90 valence electrons. The van der Waals surface area contributed by atoms with Gasteiger partial charge in [0.25, 0.3) is 0 Å². The number of hydrogen-bond donors (Lipinski definition) is 1. The predicted octanol–water partition coefficient (Wildman–Crippen LogP) is 3.40. The minimum Gasteiger partial charge on any atom is -0.310 e. The van der Waals surface area contributed by atoms with Crippen molar-refractivity contribution in [3.8, 4) is 0 Å². The molecule has 0 spiro atoms. The third-order valence-corrected chi connectivity index (χ3v) is 4.47. The molecule has 3 rings (SSSR count). The Labute approximate surface area is 104 Å². The Balaban J connectivity index is 1.73. The molecule has 0 bridgehead atoms. The number of nitrogens with one attached hydrogen (secondary N) is 1. The van der Waals surface area contributed by atoms with Gasteiger partial charge in [-0.15, -0.1) is 0 Å². The number of rotatable bonds is 2. The summed E-state index contributed by atoms with van der Waals surface area (Å²) in [7, 11) is 0. The van der Waals surface area contributed by atoms with Crippen molar-refractivity contribution in [2.75, 3.05) is 6.54 Å². The van der Waals surface area contributed by atoms with Crippen molar-refractivity contribution in [3.63, 3.8) is 0 Å². The number of aryl methyl sites for hydroxylation is 1. The molecule has 1 saturated heterocycles. The molecule has 2 aliphatic rings. The molecule has 1 aliphatic heterocycles. The SMILES string of the molecule is Cc1ccccc1/C=C/C1NCC2CCCC21. The average molecular weight is 227 g/mol. The van der Waals surface area contributed by atoms with Crippen LogP contribution in [0.2, 0.25) is 0 Å². The molecule has 3 atom stereocenters. The number of hydrogen-bond acceptors (Lipinski definition) is 1. The number of fused-ring (bicyclic) bond motifs is 1. The van der Waals surface area contributed by atoms with Crippen molar-refractivity contribution < 1.29 is 0 Å². The Morgan fingerprint density at radius 2 is 2.12 bits per heavy atom. The first-order chi connectivity index (χ1) is 8.34. The molecule has 0 radical (unpaired) electrons. The summed E-state index contributed by atoms with van der Waals surface area (Å²) < 4.78 is 0. The molecule has 2 fully saturated rings. The van der Waals surface area contributed by atoms with Gasteiger partial charge in [0.05, 0.1) is 0 Å². The lowest BCUT2D eigenvalue weighted by atomic mass is 9.93. The molecule has 1 aromatic rings. The van der Waals surface area contributed by atoms with Gasteiger partial charge in [-0.2, -0.15) is 0 Å². The van der Waals surface area contributed by atoms with Crippen LogP contribution in [0.15, 0.2) is 30.3 Å². The molecule has 1 heteroatoms. The van der Waals surface area contributed by atoms with Crippen molar-refractivity contribution >= 4 is 6.08 Å². The Morgan fingerprint density at radius 3 is 3.00 bits per heavy atom. The zero-order valence-electron chi connectivity index (χ0n) is 10.5. The highest BCUT2D eigenvalue weighted by atomic mass is 15.0. The van der Waals surface area contributed by atoms with Crippen LogP contribution in [-0.4, -0.2) is 12.6 Å². The van der Waals surface area contributed by atoms with Gasteiger partial charge in [-0.3, -0.25) is 0 Å². The zero-order chi connectivity index (χ0) is 11.7. The maximum Gasteiger partial charge on any atom is 0.0284 e. The predicted molar refractivity (Wildman–Crippen MR) is 72.8 cm³/mol. The third-order valence-electron chi connectivity index (χ3n) is 4.47. The second kappa shape index (κ2) is 4.66. The summed E-state index contributed by atoms with van der Waals surface area (Å²) in [6.07, 6.45) is 8.98. The first kappa shape index (κ1) is 11.0. The van der Waals surface area contributed by atoms with E-state index in [1.54, 1.807) is 0 Å². The minimum atomic E-state index is 0.613. The van der Waals surface area contributed by atoms with E-state index in [-0.39, 0.29) is 0 Å². The van der Waals surface area contributed by atoms with Crippen LogP contribution in [0.25, 0.3) is 6.08 Å². The van der Waals surface area contributed by atoms with Gasteiger partial charge >= 0.3 is 0 Å². The van der Waals surface area contributed by atoms with E-state index in [0.717, 1.165) is 11.8 Å². The van der Waals surface area contributed by atoms with Gasteiger partial charge in [-0.05, 0) is 49.3 Å². The lowest BCUT2D eigenvalue weighted by Gasteiger charge is -2.13. The maximum absolute atomic E-state index is 3.66. The van der Waals surface area contributed by atoms with Gasteiger partial charge in [0.1, 0.15) is 0 Å². The Hall–Kier alpha value is -1.08. The molecule has 3 unspecified atom stereocenters. The van der Waals surface area contributed by atoms with Gasteiger partial charge in [0.2, 0.25) is 0 Å². The van der Waals surface area contributed by atoms with Crippen LogP contribution >= 0.6 is 0 Å². The van der Waals surface area contributed by atoms with E-state index in [2.05, 4.69) is 48.7 Å². The van der Waals surface area contributed by atoms with Crippen LogP contribution in [0.3, 0.4) is 0 Å². The molecule has 1 nitrogen and oxygen atoms in total. The highest BCUT2D eigenvalue weighted by molar-refractivity contribution is 5.54. The fourth-order valence-corrected chi connectivity index (χ4v) is 3.42. The average Bonchev–Trinajstić information content (AvgIpc) is 2.91. The molecular formula is C16H21N. The van der Waals surface area contributed by atoms with E-state index in [1.165, 1.54) is 36.9 Å². The number of benzene rings is 1. The van der Waals surface area contributed by atoms with Gasteiger partial charge in [-0.1, -0.05) is 42.8 Å². The third kappa shape index (κ3) is 2.16. The van der Waals surface area contributed by atoms with E-state index in [9.17, 15) is 0 Å². The van der Waals surface area contributed by atoms with Crippen molar-refractivity contribution in [3.05, 3.63) is 41.5 Å². The van der Waals surface area contributed by atoms with Crippen LogP contribution in [0.1, 0.15) is 30.4 Å². The van der Waals surface area contributed by atoms with Crippen LogP contribution in [0.5, 0.6) is 0 Å². The van der Waals surface area contributed by atoms with Gasteiger partial charge in [-0.25, -0.2) is 0 Å². The zero-order valence-corrected chi connectivity index (χ0v) is 10.5. The Morgan fingerprint density at radius 1 is 1.24 bits per heavy atom. The van der Waals surface area contributed by atoms with E-state index in [1.807, 2.05) is 0 Å². The van der Waals surface area contributed by atoms with Crippen molar-refractivity contribution in [2.45, 2.75) is 32.2 Å². The van der Waals surface area contributed by atoms with Crippen LogP contribution in [0, 0.1) is 18.8 Å². The second-order valence-corrected chi connectivity index (χ2v) is 5.50. The molecule has 1 aromatic carbocycles. The summed E-state index contributed by atoms with van der Waals surface area (Å²) in [5, 5.41) is 3.66. The van der Waals surface area contributed by atoms with E-state index >= 15 is 0 Å². The Bertz CT molecular complexity index is 421. The first-order valence-electron chi connectivity index (χ1n) is 6.82. The summed E-state index contributed by atoms with van der Waals surface area (Å²) in [5.74, 6) is 1.84. The van der Waals surface area contributed by atoms with Gasteiger partial charge < -0.3 is 5.32 Å². The van der Waals surface area contributed by atoms with Gasteiger partial charge in [0.15, 0.2) is 0 Å². The van der Waals surface area contributed by atoms with Crippen molar-refractivity contribution in [1.82, 2.24) is 5.32 Å². The molecule has 1 aliphatic carbocycles. The molecule has 0 amide bonds. The fourth-order valence-electron chi connectivity index (χ4n) is 3.42. The summed E-state index contributed by atoms with van der Waals surface area (Å²) in [4.78, 5) is 0. The second-order valence-electron chi connectivity index (χ2n) is 5.50. The molecule has 17 heavy (non-hydrogen) atoms. The fraction of sp³-hybridized carbons (Fsp3) is 0.500. The highest BCUT2D eigenvalue weighted by Crippen LogP contribution is 2.38. The molecule has 1 heterocycles. The molecule has 0 aromatic heterocycles. The molecule has 1 N–H and O–H groups in total. The van der Waals surface area contributed by atoms with Crippen LogP contribution in [-0.2, 0) is 0 Å².